The number of aromatic amines is 1. The van der Waals surface area contributed by atoms with E-state index in [0.717, 1.165) is 42.8 Å². The van der Waals surface area contributed by atoms with Crippen molar-refractivity contribution < 1.29 is 9.90 Å². The molecule has 0 bridgehead atoms. The maximum Gasteiger partial charge on any atom is 0.323 e. The summed E-state index contributed by atoms with van der Waals surface area (Å²) in [5.74, 6) is 1.31. The summed E-state index contributed by atoms with van der Waals surface area (Å²) >= 11 is 0. The smallest absolute Gasteiger partial charge is 0.323 e. The predicted molar refractivity (Wildman–Crippen MR) is 125 cm³/mol. The summed E-state index contributed by atoms with van der Waals surface area (Å²) in [5.41, 5.74) is 3.10. The van der Waals surface area contributed by atoms with E-state index in [1.165, 1.54) is 11.6 Å². The van der Waals surface area contributed by atoms with Crippen molar-refractivity contribution in [1.82, 2.24) is 15.0 Å². The fourth-order valence-electron chi connectivity index (χ4n) is 4.29. The van der Waals surface area contributed by atoms with Gasteiger partial charge in [0.1, 0.15) is 23.5 Å². The Morgan fingerprint density at radius 2 is 2.00 bits per heavy atom. The number of phenolic OH excluding ortho intramolecular Hbond substituents is 1. The van der Waals surface area contributed by atoms with Crippen molar-refractivity contribution >= 4 is 34.3 Å². The number of H-pyrrole nitrogens is 1. The monoisotopic (exact) mass is 428 g/mol. The minimum absolute atomic E-state index is 0.0277. The first-order valence-corrected chi connectivity index (χ1v) is 10.7. The van der Waals surface area contributed by atoms with E-state index >= 15 is 0 Å². The van der Waals surface area contributed by atoms with Gasteiger partial charge in [0, 0.05) is 30.9 Å². The molecule has 8 heteroatoms. The number of rotatable bonds is 4. The Balaban J connectivity index is 1.30. The van der Waals surface area contributed by atoms with E-state index in [4.69, 9.17) is 0 Å². The lowest BCUT2D eigenvalue weighted by molar-refractivity contribution is 0.262. The van der Waals surface area contributed by atoms with Gasteiger partial charge in [-0.1, -0.05) is 24.3 Å². The molecule has 2 aromatic heterocycles. The minimum atomic E-state index is -0.398. The Bertz CT molecular complexity index is 1250. The highest BCUT2D eigenvalue weighted by Crippen LogP contribution is 2.32. The quantitative estimate of drug-likeness (QED) is 0.353. The number of para-hydroxylation sites is 2. The Morgan fingerprint density at radius 3 is 2.91 bits per heavy atom. The van der Waals surface area contributed by atoms with E-state index in [1.807, 2.05) is 30.5 Å². The molecule has 1 aliphatic heterocycles. The first-order valence-electron chi connectivity index (χ1n) is 10.7. The van der Waals surface area contributed by atoms with Gasteiger partial charge in [0.05, 0.1) is 11.1 Å². The second-order valence-corrected chi connectivity index (χ2v) is 7.94. The van der Waals surface area contributed by atoms with Crippen LogP contribution in [0.4, 0.5) is 22.0 Å². The maximum absolute atomic E-state index is 12.4. The molecule has 1 fully saturated rings. The van der Waals surface area contributed by atoms with Crippen LogP contribution in [0, 0.1) is 0 Å². The number of aromatic hydroxyl groups is 1. The summed E-state index contributed by atoms with van der Waals surface area (Å²) in [6.07, 6.45) is 5.63. The van der Waals surface area contributed by atoms with Crippen LogP contribution in [0.3, 0.4) is 0 Å². The number of phenols is 1. The summed E-state index contributed by atoms with van der Waals surface area (Å²) in [7, 11) is 0. The largest absolute Gasteiger partial charge is 0.506 e. The molecular weight excluding hydrogens is 404 g/mol. The zero-order valence-electron chi connectivity index (χ0n) is 17.5. The van der Waals surface area contributed by atoms with Crippen LogP contribution in [0.2, 0.25) is 0 Å². The number of carbonyl (C=O) groups is 1. The van der Waals surface area contributed by atoms with Gasteiger partial charge >= 0.3 is 6.03 Å². The summed E-state index contributed by atoms with van der Waals surface area (Å²) in [6.45, 7) is 1.81. The Kier molecular flexibility index (Phi) is 5.33. The van der Waals surface area contributed by atoms with Crippen molar-refractivity contribution in [2.75, 3.05) is 28.6 Å². The molecule has 2 amide bonds. The van der Waals surface area contributed by atoms with Crippen molar-refractivity contribution in [2.45, 2.75) is 18.8 Å². The van der Waals surface area contributed by atoms with Gasteiger partial charge in [-0.3, -0.25) is 0 Å². The molecule has 0 radical (unpaired) electrons. The fourth-order valence-corrected chi connectivity index (χ4v) is 4.29. The van der Waals surface area contributed by atoms with E-state index in [1.54, 1.807) is 24.5 Å². The van der Waals surface area contributed by atoms with Crippen molar-refractivity contribution in [3.63, 3.8) is 0 Å². The number of urea groups is 1. The zero-order chi connectivity index (χ0) is 21.9. The lowest BCUT2D eigenvalue weighted by atomic mass is 9.90. The molecule has 4 N–H and O–H groups in total. The summed E-state index contributed by atoms with van der Waals surface area (Å²) in [4.78, 5) is 26.7. The van der Waals surface area contributed by atoms with Crippen LogP contribution >= 0.6 is 0 Å². The normalized spacial score (nSPS) is 16.1. The number of hydrogen-bond donors (Lipinski definition) is 4. The molecule has 5 rings (SSSR count). The van der Waals surface area contributed by atoms with Gasteiger partial charge < -0.3 is 25.6 Å². The maximum atomic E-state index is 12.4. The molecular formula is C24H24N6O2. The lowest BCUT2D eigenvalue weighted by Gasteiger charge is -2.34. The molecule has 1 saturated heterocycles. The number of carbonyl (C=O) groups excluding carboxylic acids is 1. The van der Waals surface area contributed by atoms with Crippen molar-refractivity contribution in [3.05, 3.63) is 72.7 Å². The second kappa shape index (κ2) is 8.58. The van der Waals surface area contributed by atoms with Gasteiger partial charge in [0.25, 0.3) is 0 Å². The molecule has 4 aromatic rings. The van der Waals surface area contributed by atoms with Crippen molar-refractivity contribution in [1.29, 1.82) is 0 Å². The summed E-state index contributed by atoms with van der Waals surface area (Å²) in [6, 6.07) is 16.2. The van der Waals surface area contributed by atoms with E-state index in [0.29, 0.717) is 17.3 Å². The van der Waals surface area contributed by atoms with Crippen LogP contribution in [-0.4, -0.2) is 39.2 Å². The van der Waals surface area contributed by atoms with Gasteiger partial charge in [-0.05, 0) is 48.7 Å². The van der Waals surface area contributed by atoms with Gasteiger partial charge in [-0.15, -0.1) is 0 Å². The van der Waals surface area contributed by atoms with Crippen LogP contribution in [0.1, 0.15) is 24.3 Å². The number of nitrogens with one attached hydrogen (secondary N) is 3. The molecule has 0 spiro atoms. The third-order valence-electron chi connectivity index (χ3n) is 5.82. The highest BCUT2D eigenvalue weighted by atomic mass is 16.3. The standard InChI is InChI=1S/C24H24N6O2/c31-21-9-2-1-8-20(21)29-24(32)28-18-7-3-5-16(13-18)17-6-4-12-30(14-17)23-19-10-11-25-22(19)26-15-27-23/h1-3,5,7-11,13,15,17,31H,4,6,12,14H2,(H,25,26,27)(H2,28,29,32). The van der Waals surface area contributed by atoms with Gasteiger partial charge in [0.15, 0.2) is 0 Å². The summed E-state index contributed by atoms with van der Waals surface area (Å²) < 4.78 is 0. The first-order chi connectivity index (χ1) is 15.7. The van der Waals surface area contributed by atoms with E-state index < -0.39 is 6.03 Å². The minimum Gasteiger partial charge on any atom is -0.506 e. The Morgan fingerprint density at radius 1 is 1.09 bits per heavy atom. The number of anilines is 3. The third-order valence-corrected chi connectivity index (χ3v) is 5.82. The SMILES string of the molecule is O=C(Nc1cccc(C2CCCN(c3ncnc4[nH]ccc34)C2)c1)Nc1ccccc1O. The van der Waals surface area contributed by atoms with E-state index in [-0.39, 0.29) is 5.75 Å². The van der Waals surface area contributed by atoms with Crippen LogP contribution in [0.5, 0.6) is 5.75 Å². The molecule has 162 valence electrons. The molecule has 8 nitrogen and oxygen atoms in total. The average molecular weight is 428 g/mol. The van der Waals surface area contributed by atoms with Crippen molar-refractivity contribution in [3.8, 4) is 5.75 Å². The average Bonchev–Trinajstić information content (AvgIpc) is 3.30. The number of nitrogens with zero attached hydrogens (tertiary/aromatic N) is 3. The van der Waals surface area contributed by atoms with Crippen LogP contribution in [0.15, 0.2) is 67.1 Å². The number of benzene rings is 2. The highest BCUT2D eigenvalue weighted by Gasteiger charge is 2.24. The van der Waals surface area contributed by atoms with Crippen LogP contribution in [0.25, 0.3) is 11.0 Å². The van der Waals surface area contributed by atoms with E-state index in [9.17, 15) is 9.90 Å². The van der Waals surface area contributed by atoms with Crippen molar-refractivity contribution in [2.24, 2.45) is 0 Å². The van der Waals surface area contributed by atoms with Crippen LogP contribution in [-0.2, 0) is 0 Å². The molecule has 0 aliphatic carbocycles. The topological polar surface area (TPSA) is 106 Å². The lowest BCUT2D eigenvalue weighted by Crippen LogP contribution is -2.35. The number of fused-ring (bicyclic) bond motifs is 1. The molecule has 3 heterocycles. The second-order valence-electron chi connectivity index (χ2n) is 7.94. The van der Waals surface area contributed by atoms with Gasteiger partial charge in [-0.25, -0.2) is 14.8 Å². The van der Waals surface area contributed by atoms with Gasteiger partial charge in [0.2, 0.25) is 0 Å². The number of amides is 2. The molecule has 1 unspecified atom stereocenters. The highest BCUT2D eigenvalue weighted by molar-refractivity contribution is 6.00. The molecule has 1 atom stereocenters. The first kappa shape index (κ1) is 19.9. The Labute approximate surface area is 185 Å². The zero-order valence-corrected chi connectivity index (χ0v) is 17.5. The molecule has 2 aromatic carbocycles. The molecule has 0 saturated carbocycles. The molecule has 32 heavy (non-hydrogen) atoms. The number of hydrogen-bond acceptors (Lipinski definition) is 5. The fraction of sp³-hybridized carbons (Fsp3) is 0.208. The Hall–Kier alpha value is -4.07. The summed E-state index contributed by atoms with van der Waals surface area (Å²) in [5, 5.41) is 16.4. The third kappa shape index (κ3) is 4.07. The van der Waals surface area contributed by atoms with Crippen LogP contribution < -0.4 is 15.5 Å². The van der Waals surface area contributed by atoms with Gasteiger partial charge in [-0.2, -0.15) is 0 Å². The number of piperidine rings is 1. The predicted octanol–water partition coefficient (Wildman–Crippen LogP) is 4.69. The van der Waals surface area contributed by atoms with E-state index in [2.05, 4.69) is 36.6 Å². The molecule has 1 aliphatic rings. The number of aromatic nitrogens is 3.